The molecule has 0 aliphatic rings. The average molecular weight is 259 g/mol. The Balaban J connectivity index is 2.15. The second-order valence-electron chi connectivity index (χ2n) is 4.09. The van der Waals surface area contributed by atoms with E-state index in [-0.39, 0.29) is 23.5 Å². The van der Waals surface area contributed by atoms with E-state index in [2.05, 4.69) is 0 Å². The number of hydrogen-bond acceptors (Lipinski definition) is 2. The van der Waals surface area contributed by atoms with E-state index in [0.717, 1.165) is 6.07 Å². The van der Waals surface area contributed by atoms with E-state index in [0.29, 0.717) is 5.56 Å². The minimum atomic E-state index is -0.535. The molecular weight excluding hydrogens is 248 g/mol. The maximum absolute atomic E-state index is 13.7. The molecule has 0 spiro atoms. The highest BCUT2D eigenvalue weighted by molar-refractivity contribution is 5.34. The Kier molecular flexibility index (Phi) is 3.76. The molecule has 2 aromatic rings. The summed E-state index contributed by atoms with van der Waals surface area (Å²) in [5.74, 6) is -0.896. The second kappa shape index (κ2) is 5.49. The van der Waals surface area contributed by atoms with Crippen LogP contribution in [0, 0.1) is 29.9 Å². The molecule has 0 aliphatic carbocycles. The normalized spacial score (nSPS) is 10.0. The van der Waals surface area contributed by atoms with Gasteiger partial charge in [-0.1, -0.05) is 18.2 Å². The lowest BCUT2D eigenvalue weighted by molar-refractivity contribution is 0.284. The molecule has 0 amide bonds. The molecule has 0 aromatic heterocycles. The molecule has 0 heterocycles. The lowest BCUT2D eigenvalue weighted by atomic mass is 10.1. The molecule has 19 heavy (non-hydrogen) atoms. The highest BCUT2D eigenvalue weighted by Gasteiger charge is 2.08. The van der Waals surface area contributed by atoms with Crippen LogP contribution in [-0.2, 0) is 6.61 Å². The number of rotatable bonds is 3. The maximum atomic E-state index is 13.7. The van der Waals surface area contributed by atoms with Crippen molar-refractivity contribution in [2.45, 2.75) is 13.5 Å². The lowest BCUT2D eigenvalue weighted by Crippen LogP contribution is -2.01. The van der Waals surface area contributed by atoms with Gasteiger partial charge in [-0.15, -0.1) is 0 Å². The van der Waals surface area contributed by atoms with Crippen molar-refractivity contribution >= 4 is 0 Å². The van der Waals surface area contributed by atoms with Crippen LogP contribution in [-0.4, -0.2) is 0 Å². The zero-order chi connectivity index (χ0) is 13.8. The first-order chi connectivity index (χ1) is 9.11. The zero-order valence-corrected chi connectivity index (χ0v) is 10.3. The van der Waals surface area contributed by atoms with Gasteiger partial charge in [0.15, 0.2) is 11.6 Å². The van der Waals surface area contributed by atoms with Gasteiger partial charge in [-0.3, -0.25) is 0 Å². The van der Waals surface area contributed by atoms with Gasteiger partial charge in [0.05, 0.1) is 11.6 Å². The van der Waals surface area contributed by atoms with Crippen molar-refractivity contribution in [2.75, 3.05) is 0 Å². The SMILES string of the molecule is Cc1cccc(OCc2ccc(C#N)cc2F)c1F. The molecule has 0 saturated heterocycles. The van der Waals surface area contributed by atoms with Crippen LogP contribution in [0.5, 0.6) is 5.75 Å². The highest BCUT2D eigenvalue weighted by Crippen LogP contribution is 2.21. The summed E-state index contributed by atoms with van der Waals surface area (Å²) in [6.07, 6.45) is 0. The summed E-state index contributed by atoms with van der Waals surface area (Å²) in [5, 5.41) is 8.63. The summed E-state index contributed by atoms with van der Waals surface area (Å²) in [5.41, 5.74) is 0.987. The van der Waals surface area contributed by atoms with Gasteiger partial charge in [0, 0.05) is 5.56 Å². The van der Waals surface area contributed by atoms with Gasteiger partial charge in [-0.05, 0) is 30.7 Å². The van der Waals surface area contributed by atoms with E-state index in [1.165, 1.54) is 18.2 Å². The van der Waals surface area contributed by atoms with E-state index < -0.39 is 11.6 Å². The molecule has 0 N–H and O–H groups in total. The van der Waals surface area contributed by atoms with Gasteiger partial charge in [0.2, 0.25) is 0 Å². The molecule has 4 heteroatoms. The zero-order valence-electron chi connectivity index (χ0n) is 10.3. The summed E-state index contributed by atoms with van der Waals surface area (Å²) in [4.78, 5) is 0. The van der Waals surface area contributed by atoms with Gasteiger partial charge in [0.1, 0.15) is 12.4 Å². The fourth-order valence-electron chi connectivity index (χ4n) is 1.62. The monoisotopic (exact) mass is 259 g/mol. The molecule has 0 saturated carbocycles. The van der Waals surface area contributed by atoms with Crippen LogP contribution in [0.2, 0.25) is 0 Å². The molecule has 2 nitrogen and oxygen atoms in total. The summed E-state index contributed by atoms with van der Waals surface area (Å²) in [7, 11) is 0. The minimum Gasteiger partial charge on any atom is -0.486 e. The molecule has 0 fully saturated rings. The van der Waals surface area contributed by atoms with Crippen molar-refractivity contribution in [1.29, 1.82) is 5.26 Å². The molecular formula is C15H11F2NO. The van der Waals surface area contributed by atoms with Crippen molar-refractivity contribution in [3.8, 4) is 11.8 Å². The Morgan fingerprint density at radius 3 is 2.68 bits per heavy atom. The maximum Gasteiger partial charge on any atom is 0.167 e. The summed E-state index contributed by atoms with van der Waals surface area (Å²) in [6, 6.07) is 10.7. The van der Waals surface area contributed by atoms with Crippen molar-refractivity contribution in [2.24, 2.45) is 0 Å². The topological polar surface area (TPSA) is 33.0 Å². The van der Waals surface area contributed by atoms with Gasteiger partial charge < -0.3 is 4.74 Å². The van der Waals surface area contributed by atoms with E-state index >= 15 is 0 Å². The quantitative estimate of drug-likeness (QED) is 0.841. The van der Waals surface area contributed by atoms with Crippen LogP contribution in [0.4, 0.5) is 8.78 Å². The Bertz CT molecular complexity index is 647. The van der Waals surface area contributed by atoms with Gasteiger partial charge >= 0.3 is 0 Å². The first-order valence-corrected chi connectivity index (χ1v) is 5.68. The van der Waals surface area contributed by atoms with Crippen molar-refractivity contribution < 1.29 is 13.5 Å². The lowest BCUT2D eigenvalue weighted by Gasteiger charge is -2.09. The molecule has 2 aromatic carbocycles. The van der Waals surface area contributed by atoms with E-state index in [1.807, 2.05) is 6.07 Å². The Labute approximate surface area is 109 Å². The third kappa shape index (κ3) is 2.89. The van der Waals surface area contributed by atoms with Gasteiger partial charge in [0.25, 0.3) is 0 Å². The Morgan fingerprint density at radius 1 is 1.21 bits per heavy atom. The van der Waals surface area contributed by atoms with Crippen molar-refractivity contribution in [3.63, 3.8) is 0 Å². The average Bonchev–Trinajstić information content (AvgIpc) is 2.41. The number of nitriles is 1. The minimum absolute atomic E-state index is 0.0854. The molecule has 0 radical (unpaired) electrons. The van der Waals surface area contributed by atoms with Crippen LogP contribution in [0.15, 0.2) is 36.4 Å². The first-order valence-electron chi connectivity index (χ1n) is 5.68. The highest BCUT2D eigenvalue weighted by atomic mass is 19.1. The number of hydrogen-bond donors (Lipinski definition) is 0. The summed E-state index contributed by atoms with van der Waals surface area (Å²) in [6.45, 7) is 1.54. The smallest absolute Gasteiger partial charge is 0.167 e. The number of nitrogens with zero attached hydrogens (tertiary/aromatic N) is 1. The third-order valence-corrected chi connectivity index (χ3v) is 2.72. The summed E-state index contributed by atoms with van der Waals surface area (Å²) < 4.78 is 32.5. The molecule has 2 rings (SSSR count). The largest absolute Gasteiger partial charge is 0.486 e. The van der Waals surface area contributed by atoms with Crippen LogP contribution in [0.25, 0.3) is 0 Å². The fourth-order valence-corrected chi connectivity index (χ4v) is 1.62. The fraction of sp³-hybridized carbons (Fsp3) is 0.133. The second-order valence-corrected chi connectivity index (χ2v) is 4.09. The van der Waals surface area contributed by atoms with Crippen LogP contribution in [0.3, 0.4) is 0 Å². The number of ether oxygens (including phenoxy) is 1. The molecule has 0 unspecified atom stereocenters. The molecule has 0 atom stereocenters. The van der Waals surface area contributed by atoms with E-state index in [9.17, 15) is 8.78 Å². The van der Waals surface area contributed by atoms with Crippen LogP contribution < -0.4 is 4.74 Å². The van der Waals surface area contributed by atoms with E-state index in [1.54, 1.807) is 19.1 Å². The van der Waals surface area contributed by atoms with Crippen molar-refractivity contribution in [3.05, 3.63) is 64.7 Å². The Hall–Kier alpha value is -2.41. The van der Waals surface area contributed by atoms with Crippen LogP contribution >= 0.6 is 0 Å². The van der Waals surface area contributed by atoms with Gasteiger partial charge in [-0.2, -0.15) is 5.26 Å². The predicted octanol–water partition coefficient (Wildman–Crippen LogP) is 3.72. The standard InChI is InChI=1S/C15H11F2NO/c1-10-3-2-4-14(15(10)17)19-9-12-6-5-11(8-18)7-13(12)16/h2-7H,9H2,1H3. The number of benzene rings is 2. The predicted molar refractivity (Wildman–Crippen MR) is 66.6 cm³/mol. The molecule has 0 bridgehead atoms. The van der Waals surface area contributed by atoms with E-state index in [4.69, 9.17) is 10.00 Å². The molecule has 96 valence electrons. The molecule has 0 aliphatic heterocycles. The van der Waals surface area contributed by atoms with Gasteiger partial charge in [-0.25, -0.2) is 8.78 Å². The summed E-state index contributed by atoms with van der Waals surface area (Å²) >= 11 is 0. The van der Waals surface area contributed by atoms with Crippen molar-refractivity contribution in [1.82, 2.24) is 0 Å². The first kappa shape index (κ1) is 13.0. The third-order valence-electron chi connectivity index (χ3n) is 2.72. The number of aryl methyl sites for hydroxylation is 1. The number of halogens is 2. The Morgan fingerprint density at radius 2 is 2.00 bits per heavy atom. The van der Waals surface area contributed by atoms with Crippen LogP contribution in [0.1, 0.15) is 16.7 Å².